The van der Waals surface area contributed by atoms with Gasteiger partial charge in [0.2, 0.25) is 0 Å². The molecule has 0 amide bonds. The summed E-state index contributed by atoms with van der Waals surface area (Å²) in [5.41, 5.74) is -0.0289. The maximum Gasteiger partial charge on any atom is 0.341 e. The Hall–Kier alpha value is -2.01. The van der Waals surface area contributed by atoms with Crippen LogP contribution in [0.1, 0.15) is 23.1 Å². The highest BCUT2D eigenvalue weighted by Gasteiger charge is 2.16. The third kappa shape index (κ3) is 2.88. The molecule has 1 N–H and O–H groups in total. The summed E-state index contributed by atoms with van der Waals surface area (Å²) in [4.78, 5) is 15.3. The zero-order valence-electron chi connectivity index (χ0n) is 10.3. The number of ether oxygens (including phenoxy) is 1. The number of hydrogen-bond acceptors (Lipinski definition) is 3. The Bertz CT molecular complexity index is 595. The minimum absolute atomic E-state index is 0.0289. The molecule has 1 heterocycles. The molecule has 0 fully saturated rings. The molecule has 0 aliphatic heterocycles. The molecule has 1 aromatic heterocycles. The van der Waals surface area contributed by atoms with Gasteiger partial charge in [0.15, 0.2) is 0 Å². The average Bonchev–Trinajstić information content (AvgIpc) is 2.83. The van der Waals surface area contributed by atoms with Crippen molar-refractivity contribution in [1.29, 1.82) is 0 Å². The number of carbonyl (C=O) groups is 1. The molecule has 6 heteroatoms. The van der Waals surface area contributed by atoms with E-state index in [2.05, 4.69) is 4.98 Å². The summed E-state index contributed by atoms with van der Waals surface area (Å²) in [6, 6.07) is 4.75. The topological polar surface area (TPSA) is 64.4 Å². The van der Waals surface area contributed by atoms with Crippen molar-refractivity contribution in [2.75, 3.05) is 0 Å². The van der Waals surface area contributed by atoms with Crippen molar-refractivity contribution >= 4 is 17.6 Å². The number of carboxylic acids is 1. The van der Waals surface area contributed by atoms with Crippen LogP contribution in [-0.2, 0) is 13.2 Å². The number of benzene rings is 1. The van der Waals surface area contributed by atoms with Crippen molar-refractivity contribution < 1.29 is 14.6 Å². The summed E-state index contributed by atoms with van der Waals surface area (Å²) < 4.78 is 7.44. The Morgan fingerprint density at radius 3 is 3.00 bits per heavy atom. The maximum atomic E-state index is 11.1. The van der Waals surface area contributed by atoms with Crippen LogP contribution < -0.4 is 4.74 Å². The fraction of sp³-hybridized carbons (Fsp3) is 0.231. The SMILES string of the molecule is CCn1ccnc1COc1cccc(Cl)c1C(=O)O. The molecule has 0 radical (unpaired) electrons. The number of aryl methyl sites for hydroxylation is 1. The van der Waals surface area contributed by atoms with Crippen LogP contribution in [0.5, 0.6) is 5.75 Å². The largest absolute Gasteiger partial charge is 0.485 e. The molecule has 2 rings (SSSR count). The summed E-state index contributed by atoms with van der Waals surface area (Å²) in [7, 11) is 0. The molecule has 1 aromatic carbocycles. The van der Waals surface area contributed by atoms with Gasteiger partial charge in [-0.1, -0.05) is 17.7 Å². The lowest BCUT2D eigenvalue weighted by atomic mass is 10.2. The molecular weight excluding hydrogens is 268 g/mol. The van der Waals surface area contributed by atoms with Crippen molar-refractivity contribution in [2.45, 2.75) is 20.1 Å². The first-order chi connectivity index (χ1) is 9.13. The molecule has 19 heavy (non-hydrogen) atoms. The average molecular weight is 281 g/mol. The second kappa shape index (κ2) is 5.75. The Kier molecular flexibility index (Phi) is 4.06. The standard InChI is InChI=1S/C13H13ClN2O3/c1-2-16-7-6-15-11(16)8-19-10-5-3-4-9(14)12(10)13(17)18/h3-7H,2,8H2,1H3,(H,17,18). The Morgan fingerprint density at radius 1 is 1.53 bits per heavy atom. The first-order valence-electron chi connectivity index (χ1n) is 5.78. The summed E-state index contributed by atoms with van der Waals surface area (Å²) in [5.74, 6) is -0.135. The van der Waals surface area contributed by atoms with Gasteiger partial charge in [0.05, 0.1) is 5.02 Å². The van der Waals surface area contributed by atoms with Crippen LogP contribution in [0.15, 0.2) is 30.6 Å². The Balaban J connectivity index is 2.20. The zero-order valence-corrected chi connectivity index (χ0v) is 11.1. The molecule has 0 saturated carbocycles. The van der Waals surface area contributed by atoms with E-state index >= 15 is 0 Å². The lowest BCUT2D eigenvalue weighted by Crippen LogP contribution is -2.08. The van der Waals surface area contributed by atoms with E-state index in [1.54, 1.807) is 18.3 Å². The van der Waals surface area contributed by atoms with E-state index in [4.69, 9.17) is 21.4 Å². The molecule has 0 unspecified atom stereocenters. The summed E-state index contributed by atoms with van der Waals surface area (Å²) in [6.07, 6.45) is 3.52. The minimum Gasteiger partial charge on any atom is -0.485 e. The van der Waals surface area contributed by atoms with Gasteiger partial charge in [-0.3, -0.25) is 0 Å². The molecule has 100 valence electrons. The number of aromatic carboxylic acids is 1. The molecule has 0 bridgehead atoms. The van der Waals surface area contributed by atoms with Crippen LogP contribution in [0.25, 0.3) is 0 Å². The van der Waals surface area contributed by atoms with Gasteiger partial charge in [-0.25, -0.2) is 9.78 Å². The fourth-order valence-electron chi connectivity index (χ4n) is 1.74. The molecule has 0 aliphatic carbocycles. The highest BCUT2D eigenvalue weighted by Crippen LogP contribution is 2.26. The second-order valence-corrected chi connectivity index (χ2v) is 4.24. The van der Waals surface area contributed by atoms with Crippen molar-refractivity contribution in [3.63, 3.8) is 0 Å². The van der Waals surface area contributed by atoms with Crippen molar-refractivity contribution in [2.24, 2.45) is 0 Å². The number of nitrogens with zero attached hydrogens (tertiary/aromatic N) is 2. The van der Waals surface area contributed by atoms with E-state index in [-0.39, 0.29) is 22.9 Å². The van der Waals surface area contributed by atoms with E-state index in [9.17, 15) is 4.79 Å². The summed E-state index contributed by atoms with van der Waals surface area (Å²) in [6.45, 7) is 2.97. The van der Waals surface area contributed by atoms with Crippen LogP contribution in [-0.4, -0.2) is 20.6 Å². The van der Waals surface area contributed by atoms with E-state index < -0.39 is 5.97 Å². The van der Waals surface area contributed by atoms with E-state index in [1.807, 2.05) is 17.7 Å². The molecule has 0 saturated heterocycles. The smallest absolute Gasteiger partial charge is 0.341 e. The monoisotopic (exact) mass is 280 g/mol. The van der Waals surface area contributed by atoms with Gasteiger partial charge >= 0.3 is 5.97 Å². The van der Waals surface area contributed by atoms with Gasteiger partial charge in [-0.15, -0.1) is 0 Å². The van der Waals surface area contributed by atoms with Gasteiger partial charge in [0.25, 0.3) is 0 Å². The first kappa shape index (κ1) is 13.4. The lowest BCUT2D eigenvalue weighted by molar-refractivity contribution is 0.0691. The van der Waals surface area contributed by atoms with Crippen LogP contribution in [0.4, 0.5) is 0 Å². The first-order valence-corrected chi connectivity index (χ1v) is 6.16. The second-order valence-electron chi connectivity index (χ2n) is 3.84. The lowest BCUT2D eigenvalue weighted by Gasteiger charge is -2.10. The molecule has 0 spiro atoms. The van der Waals surface area contributed by atoms with Gasteiger partial charge in [-0.2, -0.15) is 0 Å². The van der Waals surface area contributed by atoms with Crippen molar-refractivity contribution in [3.05, 3.63) is 47.0 Å². The van der Waals surface area contributed by atoms with E-state index in [1.165, 1.54) is 6.07 Å². The molecular formula is C13H13ClN2O3. The number of halogens is 1. The van der Waals surface area contributed by atoms with Crippen molar-refractivity contribution in [3.8, 4) is 5.75 Å². The van der Waals surface area contributed by atoms with Gasteiger partial charge in [0.1, 0.15) is 23.7 Å². The molecule has 5 nitrogen and oxygen atoms in total. The predicted molar refractivity (Wildman–Crippen MR) is 70.6 cm³/mol. The van der Waals surface area contributed by atoms with E-state index in [0.29, 0.717) is 0 Å². The number of carboxylic acid groups (broad SMARTS) is 1. The third-order valence-corrected chi connectivity index (χ3v) is 3.00. The van der Waals surface area contributed by atoms with Crippen LogP contribution in [0.3, 0.4) is 0 Å². The highest BCUT2D eigenvalue weighted by atomic mass is 35.5. The number of rotatable bonds is 5. The zero-order chi connectivity index (χ0) is 13.8. The number of aromatic nitrogens is 2. The quantitative estimate of drug-likeness (QED) is 0.915. The Labute approximate surface area is 115 Å². The third-order valence-electron chi connectivity index (χ3n) is 2.69. The number of hydrogen-bond donors (Lipinski definition) is 1. The highest BCUT2D eigenvalue weighted by molar-refractivity contribution is 6.33. The minimum atomic E-state index is -1.11. The maximum absolute atomic E-state index is 11.1. The summed E-state index contributed by atoms with van der Waals surface area (Å²) >= 11 is 5.86. The number of imidazole rings is 1. The van der Waals surface area contributed by atoms with Gasteiger partial charge in [0, 0.05) is 18.9 Å². The fourth-order valence-corrected chi connectivity index (χ4v) is 1.99. The molecule has 0 aliphatic rings. The molecule has 0 atom stereocenters. The van der Waals surface area contributed by atoms with Crippen LogP contribution >= 0.6 is 11.6 Å². The van der Waals surface area contributed by atoms with Crippen LogP contribution in [0.2, 0.25) is 5.02 Å². The predicted octanol–water partition coefficient (Wildman–Crippen LogP) is 2.83. The van der Waals surface area contributed by atoms with Crippen LogP contribution in [0, 0.1) is 0 Å². The van der Waals surface area contributed by atoms with Gasteiger partial charge < -0.3 is 14.4 Å². The van der Waals surface area contributed by atoms with Gasteiger partial charge in [-0.05, 0) is 19.1 Å². The van der Waals surface area contributed by atoms with E-state index in [0.717, 1.165) is 12.4 Å². The molecule has 2 aromatic rings. The Morgan fingerprint density at radius 2 is 2.32 bits per heavy atom. The summed E-state index contributed by atoms with van der Waals surface area (Å²) in [5, 5.41) is 9.28. The van der Waals surface area contributed by atoms with Crippen molar-refractivity contribution in [1.82, 2.24) is 9.55 Å². The normalized spacial score (nSPS) is 10.4.